The Hall–Kier alpha value is -0.610. The zero-order valence-electron chi connectivity index (χ0n) is 6.12. The molecule has 2 fully saturated rings. The average molecular weight is 157 g/mol. The molecule has 0 aromatic rings. The molecule has 4 heteroatoms. The maximum absolute atomic E-state index is 11.0. The molecular formula is C7H11NO3. The van der Waals surface area contributed by atoms with Crippen LogP contribution in [0.5, 0.6) is 0 Å². The van der Waals surface area contributed by atoms with Crippen LogP contribution in [0.2, 0.25) is 0 Å². The Morgan fingerprint density at radius 2 is 2.55 bits per heavy atom. The molecule has 2 rings (SSSR count). The van der Waals surface area contributed by atoms with Crippen LogP contribution in [0.4, 0.5) is 0 Å². The zero-order chi connectivity index (χ0) is 7.84. The van der Waals surface area contributed by atoms with E-state index in [-0.39, 0.29) is 30.6 Å². The highest BCUT2D eigenvalue weighted by Gasteiger charge is 2.46. The minimum absolute atomic E-state index is 0.0136. The summed E-state index contributed by atoms with van der Waals surface area (Å²) < 4.78 is 5.03. The smallest absolute Gasteiger partial charge is 0.313 e. The van der Waals surface area contributed by atoms with E-state index in [4.69, 9.17) is 9.84 Å². The second-order valence-electron chi connectivity index (χ2n) is 3.03. The largest absolute Gasteiger partial charge is 0.460 e. The minimum Gasteiger partial charge on any atom is -0.460 e. The van der Waals surface area contributed by atoms with Crippen molar-refractivity contribution in [3.63, 3.8) is 0 Å². The summed E-state index contributed by atoms with van der Waals surface area (Å²) in [7, 11) is 0. The number of carbonyl (C=O) groups is 1. The fourth-order valence-electron chi connectivity index (χ4n) is 1.81. The van der Waals surface area contributed by atoms with Crippen LogP contribution < -0.4 is 5.32 Å². The first-order valence-corrected chi connectivity index (χ1v) is 3.87. The fraction of sp³-hybridized carbons (Fsp3) is 0.857. The Morgan fingerprint density at radius 1 is 1.73 bits per heavy atom. The Balaban J connectivity index is 2.13. The van der Waals surface area contributed by atoms with E-state index in [1.165, 1.54) is 0 Å². The number of nitrogens with one attached hydrogen (secondary N) is 1. The number of aliphatic hydroxyl groups excluding tert-OH is 1. The van der Waals surface area contributed by atoms with Crippen molar-refractivity contribution in [2.75, 3.05) is 13.2 Å². The zero-order valence-corrected chi connectivity index (χ0v) is 6.12. The van der Waals surface area contributed by atoms with Crippen LogP contribution in [0.1, 0.15) is 6.42 Å². The highest BCUT2D eigenvalue weighted by atomic mass is 16.6. The van der Waals surface area contributed by atoms with E-state index in [2.05, 4.69) is 5.32 Å². The first-order valence-electron chi connectivity index (χ1n) is 3.87. The molecule has 0 saturated carbocycles. The van der Waals surface area contributed by atoms with Gasteiger partial charge in [0.1, 0.15) is 6.10 Å². The number of fused-ring (bicyclic) bond motifs is 1. The Labute approximate surface area is 64.5 Å². The lowest BCUT2D eigenvalue weighted by Gasteiger charge is -2.09. The maximum Gasteiger partial charge on any atom is 0.313 e. The van der Waals surface area contributed by atoms with Gasteiger partial charge < -0.3 is 15.2 Å². The molecule has 0 radical (unpaired) electrons. The number of hydrogen-bond acceptors (Lipinski definition) is 4. The summed E-state index contributed by atoms with van der Waals surface area (Å²) in [6.45, 7) is 0.784. The van der Waals surface area contributed by atoms with Crippen LogP contribution in [0, 0.1) is 5.92 Å². The van der Waals surface area contributed by atoms with Crippen molar-refractivity contribution >= 4 is 5.97 Å². The first kappa shape index (κ1) is 7.06. The summed E-state index contributed by atoms with van der Waals surface area (Å²) in [5.74, 6) is -0.586. The van der Waals surface area contributed by atoms with E-state index in [0.717, 1.165) is 13.0 Å². The molecule has 62 valence electrons. The first-order chi connectivity index (χ1) is 5.33. The Bertz CT molecular complexity index is 183. The van der Waals surface area contributed by atoms with Gasteiger partial charge in [0.05, 0.1) is 18.6 Å². The molecule has 0 aliphatic carbocycles. The molecule has 2 saturated heterocycles. The van der Waals surface area contributed by atoms with E-state index in [0.29, 0.717) is 0 Å². The third kappa shape index (κ3) is 0.937. The quantitative estimate of drug-likeness (QED) is 0.473. The van der Waals surface area contributed by atoms with E-state index >= 15 is 0 Å². The molecule has 2 N–H and O–H groups in total. The van der Waals surface area contributed by atoms with Gasteiger partial charge in [-0.05, 0) is 13.0 Å². The standard InChI is InChI=1S/C7H11NO3/c9-3-4-6-5(1-2-8-6)11-7(4)10/h4-6,8-9H,1-3H2. The lowest BCUT2D eigenvalue weighted by Crippen LogP contribution is -2.35. The molecule has 4 nitrogen and oxygen atoms in total. The number of esters is 1. The third-order valence-electron chi connectivity index (χ3n) is 2.41. The summed E-state index contributed by atoms with van der Waals surface area (Å²) in [4.78, 5) is 11.0. The van der Waals surface area contributed by atoms with Crippen LogP contribution in [-0.4, -0.2) is 36.4 Å². The molecule has 0 aromatic carbocycles. The average Bonchev–Trinajstić information content (AvgIpc) is 2.46. The number of carbonyl (C=O) groups excluding carboxylic acids is 1. The molecule has 2 aliphatic heterocycles. The summed E-state index contributed by atoms with van der Waals surface area (Å²) in [5.41, 5.74) is 0. The molecule has 3 atom stereocenters. The van der Waals surface area contributed by atoms with Crippen LogP contribution >= 0.6 is 0 Å². The van der Waals surface area contributed by atoms with Crippen molar-refractivity contribution < 1.29 is 14.6 Å². The Kier molecular flexibility index (Phi) is 1.58. The van der Waals surface area contributed by atoms with Crippen molar-refractivity contribution in [2.45, 2.75) is 18.6 Å². The van der Waals surface area contributed by atoms with E-state index in [1.807, 2.05) is 0 Å². The van der Waals surface area contributed by atoms with Crippen molar-refractivity contribution in [3.8, 4) is 0 Å². The molecule has 11 heavy (non-hydrogen) atoms. The molecular weight excluding hydrogens is 146 g/mol. The van der Waals surface area contributed by atoms with Crippen molar-refractivity contribution in [1.82, 2.24) is 5.32 Å². The highest BCUT2D eigenvalue weighted by Crippen LogP contribution is 2.27. The molecule has 3 unspecified atom stereocenters. The molecule has 0 bridgehead atoms. The van der Waals surface area contributed by atoms with Gasteiger partial charge in [0.15, 0.2) is 0 Å². The second kappa shape index (κ2) is 2.46. The van der Waals surface area contributed by atoms with E-state index in [1.54, 1.807) is 0 Å². The molecule has 0 amide bonds. The summed E-state index contributed by atoms with van der Waals surface area (Å²) >= 11 is 0. The topological polar surface area (TPSA) is 58.6 Å². The SMILES string of the molecule is O=C1OC2CCNC2C1CO. The van der Waals surface area contributed by atoms with Gasteiger partial charge >= 0.3 is 5.97 Å². The number of hydrogen-bond donors (Lipinski definition) is 2. The number of ether oxygens (including phenoxy) is 1. The van der Waals surface area contributed by atoms with Crippen LogP contribution in [0.15, 0.2) is 0 Å². The third-order valence-corrected chi connectivity index (χ3v) is 2.41. The molecule has 2 heterocycles. The molecule has 2 aliphatic rings. The number of rotatable bonds is 1. The van der Waals surface area contributed by atoms with Crippen molar-refractivity contribution in [2.24, 2.45) is 5.92 Å². The molecule has 0 aromatic heterocycles. The van der Waals surface area contributed by atoms with Gasteiger partial charge in [-0.25, -0.2) is 0 Å². The van der Waals surface area contributed by atoms with Gasteiger partial charge in [-0.1, -0.05) is 0 Å². The van der Waals surface area contributed by atoms with Gasteiger partial charge in [-0.15, -0.1) is 0 Å². The highest BCUT2D eigenvalue weighted by molar-refractivity contribution is 5.76. The maximum atomic E-state index is 11.0. The van der Waals surface area contributed by atoms with Gasteiger partial charge in [0, 0.05) is 0 Å². The predicted octanol–water partition coefficient (Wildman–Crippen LogP) is -1.12. The van der Waals surface area contributed by atoms with Crippen LogP contribution in [0.25, 0.3) is 0 Å². The van der Waals surface area contributed by atoms with E-state index in [9.17, 15) is 4.79 Å². The van der Waals surface area contributed by atoms with E-state index < -0.39 is 0 Å². The van der Waals surface area contributed by atoms with Gasteiger partial charge in [-0.2, -0.15) is 0 Å². The van der Waals surface area contributed by atoms with Gasteiger partial charge in [-0.3, -0.25) is 4.79 Å². The fourth-order valence-corrected chi connectivity index (χ4v) is 1.81. The van der Waals surface area contributed by atoms with Crippen LogP contribution in [-0.2, 0) is 9.53 Å². The summed E-state index contributed by atoms with van der Waals surface area (Å²) in [6, 6.07) is 0.0625. The normalized spacial score (nSPS) is 42.3. The molecule has 0 spiro atoms. The second-order valence-corrected chi connectivity index (χ2v) is 3.03. The van der Waals surface area contributed by atoms with Crippen molar-refractivity contribution in [3.05, 3.63) is 0 Å². The minimum atomic E-state index is -0.331. The predicted molar refractivity (Wildman–Crippen MR) is 36.9 cm³/mol. The lowest BCUT2D eigenvalue weighted by molar-refractivity contribution is -0.145. The van der Waals surface area contributed by atoms with Gasteiger partial charge in [0.2, 0.25) is 0 Å². The van der Waals surface area contributed by atoms with Crippen LogP contribution in [0.3, 0.4) is 0 Å². The monoisotopic (exact) mass is 157 g/mol. The van der Waals surface area contributed by atoms with Gasteiger partial charge in [0.25, 0.3) is 0 Å². The lowest BCUT2D eigenvalue weighted by atomic mass is 10.0. The summed E-state index contributed by atoms with van der Waals surface area (Å²) in [6.07, 6.45) is 0.895. The number of aliphatic hydroxyl groups is 1. The Morgan fingerprint density at radius 3 is 3.27 bits per heavy atom. The summed E-state index contributed by atoms with van der Waals surface area (Å²) in [5, 5.41) is 12.0. The van der Waals surface area contributed by atoms with Crippen molar-refractivity contribution in [1.29, 1.82) is 0 Å².